The average Bonchev–Trinajstić information content (AvgIpc) is 2.09. The molecule has 4 atom stereocenters. The molecule has 5 heteroatoms. The van der Waals surface area contributed by atoms with Crippen LogP contribution in [0.2, 0.25) is 0 Å². The molecule has 1 aliphatic heterocycles. The lowest BCUT2D eigenvalue weighted by Crippen LogP contribution is -2.60. The van der Waals surface area contributed by atoms with E-state index in [0.29, 0.717) is 0 Å². The van der Waals surface area contributed by atoms with Gasteiger partial charge in [-0.05, 0) is 0 Å². The molecule has 0 saturated carbocycles. The zero-order valence-corrected chi connectivity index (χ0v) is 6.84. The van der Waals surface area contributed by atoms with Crippen LogP contribution in [0.5, 0.6) is 0 Å². The quantitative estimate of drug-likeness (QED) is 0.380. The minimum Gasteiger partial charge on any atom is -0.388 e. The maximum atomic E-state index is 9.49. The van der Waals surface area contributed by atoms with E-state index in [4.69, 9.17) is 9.84 Å². The number of aliphatic hydroxyl groups excluding tert-OH is 3. The lowest BCUT2D eigenvalue weighted by Gasteiger charge is -2.41. The SMILES string of the molecule is CC[C@]1(O)OC[C@@H](O)[C@H](O)[C@@H]1O. The molecule has 12 heavy (non-hydrogen) atoms. The highest BCUT2D eigenvalue weighted by Gasteiger charge is 2.46. The van der Waals surface area contributed by atoms with Gasteiger partial charge in [-0.25, -0.2) is 0 Å². The van der Waals surface area contributed by atoms with Crippen LogP contribution in [0.1, 0.15) is 13.3 Å². The van der Waals surface area contributed by atoms with Gasteiger partial charge in [-0.1, -0.05) is 6.92 Å². The maximum Gasteiger partial charge on any atom is 0.194 e. The summed E-state index contributed by atoms with van der Waals surface area (Å²) in [4.78, 5) is 0. The third-order valence-electron chi connectivity index (χ3n) is 2.19. The van der Waals surface area contributed by atoms with Gasteiger partial charge >= 0.3 is 0 Å². The predicted molar refractivity (Wildman–Crippen MR) is 39.2 cm³/mol. The summed E-state index contributed by atoms with van der Waals surface area (Å²) in [5.41, 5.74) is 0. The second-order valence-electron chi connectivity index (χ2n) is 3.01. The van der Waals surface area contributed by atoms with Crippen molar-refractivity contribution in [2.24, 2.45) is 0 Å². The Balaban J connectivity index is 2.71. The topological polar surface area (TPSA) is 90.2 Å². The summed E-state index contributed by atoms with van der Waals surface area (Å²) < 4.78 is 4.81. The van der Waals surface area contributed by atoms with Crippen LogP contribution >= 0.6 is 0 Å². The normalized spacial score (nSPS) is 49.2. The smallest absolute Gasteiger partial charge is 0.194 e. The first-order chi connectivity index (χ1) is 5.51. The molecule has 1 saturated heterocycles. The molecule has 5 nitrogen and oxygen atoms in total. The van der Waals surface area contributed by atoms with Gasteiger partial charge in [0.2, 0.25) is 0 Å². The van der Waals surface area contributed by atoms with Crippen LogP contribution in [0.3, 0.4) is 0 Å². The first kappa shape index (κ1) is 9.88. The van der Waals surface area contributed by atoms with E-state index >= 15 is 0 Å². The molecule has 0 aromatic heterocycles. The summed E-state index contributed by atoms with van der Waals surface area (Å²) >= 11 is 0. The fourth-order valence-corrected chi connectivity index (χ4v) is 1.20. The average molecular weight is 178 g/mol. The Labute approximate surface area is 70.2 Å². The fourth-order valence-electron chi connectivity index (χ4n) is 1.20. The van der Waals surface area contributed by atoms with Crippen molar-refractivity contribution < 1.29 is 25.2 Å². The second-order valence-corrected chi connectivity index (χ2v) is 3.01. The highest BCUT2D eigenvalue weighted by atomic mass is 16.6. The minimum absolute atomic E-state index is 0.164. The Morgan fingerprint density at radius 3 is 2.50 bits per heavy atom. The van der Waals surface area contributed by atoms with Gasteiger partial charge in [0.25, 0.3) is 0 Å². The van der Waals surface area contributed by atoms with Crippen molar-refractivity contribution in [2.45, 2.75) is 37.4 Å². The number of ether oxygens (including phenoxy) is 1. The molecule has 4 N–H and O–H groups in total. The highest BCUT2D eigenvalue weighted by Crippen LogP contribution is 2.26. The molecule has 0 radical (unpaired) electrons. The van der Waals surface area contributed by atoms with Crippen molar-refractivity contribution in [1.82, 2.24) is 0 Å². The van der Waals surface area contributed by atoms with E-state index in [0.717, 1.165) is 0 Å². The summed E-state index contributed by atoms with van der Waals surface area (Å²) in [6.07, 6.45) is -3.76. The van der Waals surface area contributed by atoms with Crippen molar-refractivity contribution in [3.05, 3.63) is 0 Å². The van der Waals surface area contributed by atoms with Crippen molar-refractivity contribution >= 4 is 0 Å². The van der Waals surface area contributed by atoms with E-state index in [1.807, 2.05) is 0 Å². The van der Waals surface area contributed by atoms with Crippen molar-refractivity contribution in [3.8, 4) is 0 Å². The standard InChI is InChI=1S/C7H14O5/c1-2-7(11)6(10)5(9)4(8)3-12-7/h4-6,8-11H,2-3H2,1H3/t4-,5+,6+,7+/m1/s1. The molecular weight excluding hydrogens is 164 g/mol. The molecule has 0 amide bonds. The van der Waals surface area contributed by atoms with E-state index in [-0.39, 0.29) is 13.0 Å². The van der Waals surface area contributed by atoms with E-state index in [1.54, 1.807) is 6.92 Å². The Bertz CT molecular complexity index is 162. The number of hydrogen-bond donors (Lipinski definition) is 4. The molecule has 0 aliphatic carbocycles. The van der Waals surface area contributed by atoms with Gasteiger partial charge in [0.1, 0.15) is 18.3 Å². The van der Waals surface area contributed by atoms with Crippen LogP contribution in [-0.4, -0.2) is 51.1 Å². The number of aliphatic hydroxyl groups is 4. The van der Waals surface area contributed by atoms with Crippen LogP contribution in [0.4, 0.5) is 0 Å². The molecule has 0 spiro atoms. The second kappa shape index (κ2) is 3.27. The van der Waals surface area contributed by atoms with Gasteiger partial charge in [0.05, 0.1) is 6.61 Å². The maximum absolute atomic E-state index is 9.49. The van der Waals surface area contributed by atoms with Crippen LogP contribution in [-0.2, 0) is 4.74 Å². The van der Waals surface area contributed by atoms with Crippen molar-refractivity contribution in [2.75, 3.05) is 6.61 Å². The summed E-state index contributed by atoms with van der Waals surface area (Å²) in [5, 5.41) is 37.0. The zero-order chi connectivity index (χ0) is 9.35. The van der Waals surface area contributed by atoms with Crippen LogP contribution < -0.4 is 0 Å². The molecule has 1 aliphatic rings. The van der Waals surface area contributed by atoms with Gasteiger partial charge in [-0.2, -0.15) is 0 Å². The molecule has 1 rings (SSSR count). The highest BCUT2D eigenvalue weighted by molar-refractivity contribution is 4.90. The third kappa shape index (κ3) is 1.46. The molecule has 0 bridgehead atoms. The minimum atomic E-state index is -1.72. The summed E-state index contributed by atoms with van der Waals surface area (Å²) in [6, 6.07) is 0. The summed E-state index contributed by atoms with van der Waals surface area (Å²) in [7, 11) is 0. The zero-order valence-electron chi connectivity index (χ0n) is 6.84. The number of hydrogen-bond acceptors (Lipinski definition) is 5. The van der Waals surface area contributed by atoms with Crippen molar-refractivity contribution in [1.29, 1.82) is 0 Å². The van der Waals surface area contributed by atoms with Gasteiger partial charge in [0.15, 0.2) is 5.79 Å². The molecule has 1 heterocycles. The Morgan fingerprint density at radius 1 is 1.42 bits per heavy atom. The summed E-state index contributed by atoms with van der Waals surface area (Å²) in [5.74, 6) is -1.72. The van der Waals surface area contributed by atoms with Gasteiger partial charge in [-0.3, -0.25) is 0 Å². The summed E-state index contributed by atoms with van der Waals surface area (Å²) in [6.45, 7) is 1.45. The van der Waals surface area contributed by atoms with Crippen LogP contribution in [0.25, 0.3) is 0 Å². The monoisotopic (exact) mass is 178 g/mol. The lowest BCUT2D eigenvalue weighted by atomic mass is 9.95. The predicted octanol–water partition coefficient (Wildman–Crippen LogP) is -1.80. The van der Waals surface area contributed by atoms with E-state index < -0.39 is 24.1 Å². The Hall–Kier alpha value is -0.200. The molecule has 1 fully saturated rings. The van der Waals surface area contributed by atoms with Gasteiger partial charge in [-0.15, -0.1) is 0 Å². The third-order valence-corrected chi connectivity index (χ3v) is 2.19. The van der Waals surface area contributed by atoms with Gasteiger partial charge < -0.3 is 25.2 Å². The van der Waals surface area contributed by atoms with Crippen molar-refractivity contribution in [3.63, 3.8) is 0 Å². The fraction of sp³-hybridized carbons (Fsp3) is 1.00. The molecular formula is C7H14O5. The number of rotatable bonds is 1. The molecule has 72 valence electrons. The first-order valence-electron chi connectivity index (χ1n) is 3.92. The van der Waals surface area contributed by atoms with E-state index in [2.05, 4.69) is 0 Å². The van der Waals surface area contributed by atoms with E-state index in [9.17, 15) is 15.3 Å². The van der Waals surface area contributed by atoms with Gasteiger partial charge in [0, 0.05) is 6.42 Å². The molecule has 0 unspecified atom stereocenters. The largest absolute Gasteiger partial charge is 0.388 e. The molecule has 0 aromatic rings. The van der Waals surface area contributed by atoms with Crippen LogP contribution in [0.15, 0.2) is 0 Å². The van der Waals surface area contributed by atoms with Crippen LogP contribution in [0, 0.1) is 0 Å². The Morgan fingerprint density at radius 2 is 2.00 bits per heavy atom. The van der Waals surface area contributed by atoms with E-state index in [1.165, 1.54) is 0 Å². The lowest BCUT2D eigenvalue weighted by molar-refractivity contribution is -0.321. The molecule has 0 aromatic carbocycles. The Kier molecular flexibility index (Phi) is 2.70. The first-order valence-corrected chi connectivity index (χ1v) is 3.92.